The van der Waals surface area contributed by atoms with Crippen LogP contribution in [-0.2, 0) is 9.59 Å². The van der Waals surface area contributed by atoms with E-state index in [9.17, 15) is 9.59 Å². The lowest BCUT2D eigenvalue weighted by Gasteiger charge is -2.08. The predicted octanol–water partition coefficient (Wildman–Crippen LogP) is 2.27. The van der Waals surface area contributed by atoms with E-state index >= 15 is 0 Å². The van der Waals surface area contributed by atoms with E-state index in [-0.39, 0.29) is 18.1 Å². The number of carbonyl (C=O) groups excluding carboxylic acids is 2. The molecule has 86 valence electrons. The summed E-state index contributed by atoms with van der Waals surface area (Å²) in [4.78, 5) is 22.1. The van der Waals surface area contributed by atoms with Crippen LogP contribution in [0.3, 0.4) is 0 Å². The third kappa shape index (κ3) is 3.55. The number of halogens is 1. The predicted molar refractivity (Wildman–Crippen MR) is 61.9 cm³/mol. The maximum Gasteiger partial charge on any atom is 0.231 e. The maximum atomic E-state index is 11.3. The molecule has 1 rings (SSSR count). The van der Waals surface area contributed by atoms with Gasteiger partial charge in [-0.05, 0) is 19.1 Å². The van der Waals surface area contributed by atoms with Gasteiger partial charge < -0.3 is 10.1 Å². The molecule has 0 fully saturated rings. The molecule has 0 unspecified atom stereocenters. The third-order valence-electron chi connectivity index (χ3n) is 1.86. The number of hydrogen-bond acceptors (Lipinski definition) is 3. The van der Waals surface area contributed by atoms with Crippen molar-refractivity contribution in [2.24, 2.45) is 0 Å². The molecular weight excluding hydrogens is 230 g/mol. The fourth-order valence-electron chi connectivity index (χ4n) is 1.15. The molecule has 0 atom stereocenters. The van der Waals surface area contributed by atoms with Gasteiger partial charge in [-0.2, -0.15) is 0 Å². The number of methoxy groups -OCH3 is 1. The first-order chi connectivity index (χ1) is 7.52. The zero-order valence-corrected chi connectivity index (χ0v) is 9.80. The van der Waals surface area contributed by atoms with Crippen molar-refractivity contribution in [2.45, 2.75) is 13.3 Å². The molecule has 0 spiro atoms. The number of nitrogens with one attached hydrogen (secondary N) is 1. The zero-order chi connectivity index (χ0) is 12.1. The van der Waals surface area contributed by atoms with Crippen molar-refractivity contribution in [1.29, 1.82) is 0 Å². The van der Waals surface area contributed by atoms with Crippen LogP contribution in [0.2, 0.25) is 5.02 Å². The van der Waals surface area contributed by atoms with E-state index in [1.54, 1.807) is 18.2 Å². The first kappa shape index (κ1) is 12.5. The summed E-state index contributed by atoms with van der Waals surface area (Å²) < 4.78 is 5.00. The average Bonchev–Trinajstić information content (AvgIpc) is 2.20. The molecule has 5 heteroatoms. The molecule has 1 amide bonds. The van der Waals surface area contributed by atoms with Crippen molar-refractivity contribution in [3.05, 3.63) is 23.2 Å². The Bertz CT molecular complexity index is 418. The number of Topliss-reactive ketones (excluding diaryl/α,β-unsaturated/α-hetero) is 1. The summed E-state index contributed by atoms with van der Waals surface area (Å²) in [5.74, 6) is 0.00157. The van der Waals surface area contributed by atoms with Gasteiger partial charge >= 0.3 is 0 Å². The first-order valence-corrected chi connectivity index (χ1v) is 5.03. The number of amides is 1. The number of ketones is 1. The lowest BCUT2D eigenvalue weighted by molar-refractivity contribution is -0.124. The number of ether oxygens (including phenoxy) is 1. The second-order valence-corrected chi connectivity index (χ2v) is 3.68. The quantitative estimate of drug-likeness (QED) is 0.823. The molecule has 0 aliphatic heterocycles. The minimum atomic E-state index is -0.386. The summed E-state index contributed by atoms with van der Waals surface area (Å²) in [5.41, 5.74) is 0.437. The fourth-order valence-corrected chi connectivity index (χ4v) is 1.31. The number of rotatable bonds is 4. The molecule has 0 aromatic heterocycles. The highest BCUT2D eigenvalue weighted by Gasteiger charge is 2.08. The highest BCUT2D eigenvalue weighted by atomic mass is 35.5. The SMILES string of the molecule is COc1ccc(Cl)c(NC(=O)CC(C)=O)c1. The van der Waals surface area contributed by atoms with E-state index in [0.717, 1.165) is 0 Å². The second-order valence-electron chi connectivity index (χ2n) is 3.27. The van der Waals surface area contributed by atoms with Gasteiger partial charge in [0, 0.05) is 6.07 Å². The largest absolute Gasteiger partial charge is 0.497 e. The zero-order valence-electron chi connectivity index (χ0n) is 9.04. The summed E-state index contributed by atoms with van der Waals surface area (Å²) in [6, 6.07) is 4.90. The Morgan fingerprint density at radius 1 is 1.44 bits per heavy atom. The van der Waals surface area contributed by atoms with Gasteiger partial charge in [0.15, 0.2) is 0 Å². The molecule has 1 aromatic carbocycles. The molecule has 0 aliphatic carbocycles. The number of hydrogen-bond donors (Lipinski definition) is 1. The van der Waals surface area contributed by atoms with Gasteiger partial charge in [-0.15, -0.1) is 0 Å². The van der Waals surface area contributed by atoms with Gasteiger partial charge in [0.1, 0.15) is 11.5 Å². The van der Waals surface area contributed by atoms with Gasteiger partial charge in [0.2, 0.25) is 5.91 Å². The number of carbonyl (C=O) groups is 2. The molecule has 1 aromatic rings. The molecule has 0 aliphatic rings. The van der Waals surface area contributed by atoms with Crippen LogP contribution < -0.4 is 10.1 Å². The molecule has 16 heavy (non-hydrogen) atoms. The van der Waals surface area contributed by atoms with Crippen LogP contribution in [0.15, 0.2) is 18.2 Å². The van der Waals surface area contributed by atoms with Crippen LogP contribution in [0.1, 0.15) is 13.3 Å². The van der Waals surface area contributed by atoms with Crippen molar-refractivity contribution in [1.82, 2.24) is 0 Å². The normalized spacial score (nSPS) is 9.69. The number of anilines is 1. The molecule has 0 saturated heterocycles. The highest BCUT2D eigenvalue weighted by molar-refractivity contribution is 6.33. The Morgan fingerprint density at radius 2 is 2.12 bits per heavy atom. The van der Waals surface area contributed by atoms with E-state index in [2.05, 4.69) is 5.32 Å². The smallest absolute Gasteiger partial charge is 0.231 e. The topological polar surface area (TPSA) is 55.4 Å². The first-order valence-electron chi connectivity index (χ1n) is 4.65. The molecule has 1 N–H and O–H groups in total. The minimum Gasteiger partial charge on any atom is -0.497 e. The molecule has 0 heterocycles. The summed E-state index contributed by atoms with van der Waals surface area (Å²) >= 11 is 5.88. The number of benzene rings is 1. The van der Waals surface area contributed by atoms with Crippen LogP contribution in [0.25, 0.3) is 0 Å². The lowest BCUT2D eigenvalue weighted by Crippen LogP contribution is -2.15. The third-order valence-corrected chi connectivity index (χ3v) is 2.19. The molecular formula is C11H12ClNO3. The van der Waals surface area contributed by atoms with Crippen molar-refractivity contribution < 1.29 is 14.3 Å². The molecule has 0 radical (unpaired) electrons. The van der Waals surface area contributed by atoms with E-state index in [1.165, 1.54) is 14.0 Å². The Kier molecular flexibility index (Phi) is 4.31. The Balaban J connectivity index is 2.79. The molecule has 0 saturated carbocycles. The van der Waals surface area contributed by atoms with E-state index in [1.807, 2.05) is 0 Å². The minimum absolute atomic E-state index is 0.159. The lowest BCUT2D eigenvalue weighted by atomic mass is 10.2. The maximum absolute atomic E-state index is 11.3. The van der Waals surface area contributed by atoms with Crippen LogP contribution in [0, 0.1) is 0 Å². The van der Waals surface area contributed by atoms with Crippen molar-refractivity contribution >= 4 is 29.0 Å². The van der Waals surface area contributed by atoms with Gasteiger partial charge in [-0.3, -0.25) is 9.59 Å². The van der Waals surface area contributed by atoms with Crippen LogP contribution >= 0.6 is 11.6 Å². The highest BCUT2D eigenvalue weighted by Crippen LogP contribution is 2.26. The van der Waals surface area contributed by atoms with Gasteiger partial charge in [0.25, 0.3) is 0 Å². The van der Waals surface area contributed by atoms with E-state index in [4.69, 9.17) is 16.3 Å². The summed E-state index contributed by atoms with van der Waals surface area (Å²) in [7, 11) is 1.52. The summed E-state index contributed by atoms with van der Waals surface area (Å²) in [6.45, 7) is 1.35. The average molecular weight is 242 g/mol. The monoisotopic (exact) mass is 241 g/mol. The molecule has 4 nitrogen and oxygen atoms in total. The van der Waals surface area contributed by atoms with Gasteiger partial charge in [-0.1, -0.05) is 11.6 Å². The standard InChI is InChI=1S/C11H12ClNO3/c1-7(14)5-11(15)13-10-6-8(16-2)3-4-9(10)12/h3-4,6H,5H2,1-2H3,(H,13,15). The Morgan fingerprint density at radius 3 is 2.69 bits per heavy atom. The van der Waals surface area contributed by atoms with Crippen LogP contribution in [0.5, 0.6) is 5.75 Å². The summed E-state index contributed by atoms with van der Waals surface area (Å²) in [6.07, 6.45) is -0.159. The van der Waals surface area contributed by atoms with Crippen molar-refractivity contribution in [2.75, 3.05) is 12.4 Å². The van der Waals surface area contributed by atoms with Crippen molar-refractivity contribution in [3.63, 3.8) is 0 Å². The second kappa shape index (κ2) is 5.51. The van der Waals surface area contributed by atoms with Gasteiger partial charge in [-0.25, -0.2) is 0 Å². The summed E-state index contributed by atoms with van der Waals surface area (Å²) in [5, 5.41) is 2.95. The van der Waals surface area contributed by atoms with Gasteiger partial charge in [0.05, 0.1) is 24.2 Å². The van der Waals surface area contributed by atoms with Crippen LogP contribution in [-0.4, -0.2) is 18.8 Å². The van der Waals surface area contributed by atoms with Crippen LogP contribution in [0.4, 0.5) is 5.69 Å². The van der Waals surface area contributed by atoms with E-state index in [0.29, 0.717) is 16.5 Å². The Labute approximate surface area is 98.5 Å². The van der Waals surface area contributed by atoms with E-state index < -0.39 is 0 Å². The Hall–Kier alpha value is -1.55. The molecule has 0 bridgehead atoms. The fraction of sp³-hybridized carbons (Fsp3) is 0.273. The van der Waals surface area contributed by atoms with Crippen molar-refractivity contribution in [3.8, 4) is 5.75 Å².